The molecular formula is C52H80O10Si3. The van der Waals surface area contributed by atoms with Gasteiger partial charge in [0.25, 0.3) is 8.32 Å². The van der Waals surface area contributed by atoms with Gasteiger partial charge in [0.2, 0.25) is 5.75 Å². The van der Waals surface area contributed by atoms with Crippen LogP contribution in [-0.4, -0.2) is 95.6 Å². The van der Waals surface area contributed by atoms with Crippen LogP contribution < -0.4 is 24.6 Å². The largest absolute Gasteiger partial charge is 0.493 e. The predicted molar refractivity (Wildman–Crippen MR) is 272 cm³/mol. The highest BCUT2D eigenvalue weighted by Crippen LogP contribution is 2.44. The Morgan fingerprint density at radius 2 is 1.40 bits per heavy atom. The zero-order valence-electron chi connectivity index (χ0n) is 42.6. The van der Waals surface area contributed by atoms with Crippen LogP contribution in [-0.2, 0) is 27.8 Å². The Hall–Kier alpha value is -3.54. The molecule has 4 atom stereocenters. The van der Waals surface area contributed by atoms with Crippen molar-refractivity contribution < 1.29 is 46.8 Å². The molecule has 0 saturated carbocycles. The van der Waals surface area contributed by atoms with Gasteiger partial charge >= 0.3 is 5.97 Å². The number of esters is 1. The van der Waals surface area contributed by atoms with E-state index in [-0.39, 0.29) is 46.1 Å². The highest BCUT2D eigenvalue weighted by atomic mass is 28.4. The molecular weight excluding hydrogens is 869 g/mol. The van der Waals surface area contributed by atoms with Gasteiger partial charge in [0.15, 0.2) is 32.4 Å². The maximum Gasteiger partial charge on any atom is 0.342 e. The first-order valence-corrected chi connectivity index (χ1v) is 31.6. The summed E-state index contributed by atoms with van der Waals surface area (Å²) in [6, 6.07) is 24.1. The Balaban J connectivity index is 1.71. The number of ether oxygens (including phenoxy) is 7. The Kier molecular flexibility index (Phi) is 18.7. The van der Waals surface area contributed by atoms with E-state index in [4.69, 9.17) is 42.0 Å². The summed E-state index contributed by atoms with van der Waals surface area (Å²) in [5.41, 5.74) is 0.772. The molecule has 1 unspecified atom stereocenters. The Labute approximate surface area is 394 Å². The van der Waals surface area contributed by atoms with Crippen LogP contribution in [0.3, 0.4) is 0 Å². The number of carbonyl (C=O) groups is 1. The summed E-state index contributed by atoms with van der Waals surface area (Å²) < 4.78 is 56.7. The first-order chi connectivity index (χ1) is 30.3. The Bertz CT molecular complexity index is 1990. The second kappa shape index (κ2) is 22.5. The van der Waals surface area contributed by atoms with E-state index in [0.29, 0.717) is 30.8 Å². The average molecular weight is 949 g/mol. The van der Waals surface area contributed by atoms with Crippen LogP contribution in [0.1, 0.15) is 91.1 Å². The molecule has 360 valence electrons. The highest BCUT2D eigenvalue weighted by Gasteiger charge is 2.51. The number of rotatable bonds is 22. The van der Waals surface area contributed by atoms with Crippen molar-refractivity contribution in [1.82, 2.24) is 0 Å². The van der Waals surface area contributed by atoms with E-state index >= 15 is 0 Å². The van der Waals surface area contributed by atoms with Gasteiger partial charge in [0, 0.05) is 21.3 Å². The van der Waals surface area contributed by atoms with Crippen molar-refractivity contribution in [2.45, 2.75) is 154 Å². The Morgan fingerprint density at radius 1 is 0.800 bits per heavy atom. The summed E-state index contributed by atoms with van der Waals surface area (Å²) in [5, 5.41) is 2.30. The van der Waals surface area contributed by atoms with E-state index < -0.39 is 48.7 Å². The molecule has 1 aliphatic heterocycles. The fourth-order valence-electron chi connectivity index (χ4n) is 7.93. The molecule has 0 spiro atoms. The third kappa shape index (κ3) is 14.0. The zero-order valence-corrected chi connectivity index (χ0v) is 45.6. The minimum Gasteiger partial charge on any atom is -0.493 e. The van der Waals surface area contributed by atoms with Crippen molar-refractivity contribution in [3.63, 3.8) is 0 Å². The standard InChI is InChI=1S/C52H80O10Si3/c1-38(61-65(51(5,6)7,40-28-20-18-21-29-40)41-30-22-19-23-31-41)26-24-33-43(62-64(16,17)50(2,3)4)46-42(59-52(8,9)60-46)32-25-27-39-36-44(55-11)47(56-12)48(58-37-54-10)45(39)49(53)57-34-35-63(13,14)15/h18-25,27-31,33,36,38,42-43,46H,26,32,34-35,37H2,1-17H3/t38-,42+,43?,46+/m1/s1. The molecule has 3 aromatic carbocycles. The van der Waals surface area contributed by atoms with E-state index in [2.05, 4.69) is 154 Å². The number of hydrogen-bond acceptors (Lipinski definition) is 10. The first-order valence-electron chi connectivity index (χ1n) is 23.0. The molecule has 13 heteroatoms. The molecule has 0 aromatic heterocycles. The summed E-state index contributed by atoms with van der Waals surface area (Å²) in [7, 11) is -2.01. The maximum absolute atomic E-state index is 14.0. The second-order valence-electron chi connectivity index (χ2n) is 21.3. The lowest BCUT2D eigenvalue weighted by Crippen LogP contribution is -2.67. The van der Waals surface area contributed by atoms with Gasteiger partial charge in [-0.2, -0.15) is 0 Å². The summed E-state index contributed by atoms with van der Waals surface area (Å²) in [6.45, 7) is 31.2. The van der Waals surface area contributed by atoms with Crippen LogP contribution in [0, 0.1) is 0 Å². The molecule has 1 aliphatic rings. The monoisotopic (exact) mass is 949 g/mol. The third-order valence-electron chi connectivity index (χ3n) is 12.3. The number of benzene rings is 3. The van der Waals surface area contributed by atoms with Crippen molar-refractivity contribution in [3.8, 4) is 17.2 Å². The molecule has 0 aliphatic carbocycles. The fraction of sp³-hybridized carbons (Fsp3) is 0.558. The number of methoxy groups -OCH3 is 3. The normalized spacial score (nSPS) is 18.2. The summed E-state index contributed by atoms with van der Waals surface area (Å²) in [4.78, 5) is 14.0. The van der Waals surface area contributed by atoms with E-state index in [1.165, 1.54) is 24.6 Å². The lowest BCUT2D eigenvalue weighted by Gasteiger charge is -2.44. The molecule has 65 heavy (non-hydrogen) atoms. The van der Waals surface area contributed by atoms with Gasteiger partial charge in [-0.15, -0.1) is 0 Å². The molecule has 1 heterocycles. The molecule has 0 amide bonds. The van der Waals surface area contributed by atoms with Gasteiger partial charge in [-0.1, -0.05) is 146 Å². The quantitative estimate of drug-likeness (QED) is 0.0419. The molecule has 0 radical (unpaired) electrons. The average Bonchev–Trinajstić information content (AvgIpc) is 3.53. The van der Waals surface area contributed by atoms with Gasteiger partial charge in [0.05, 0.1) is 33.0 Å². The van der Waals surface area contributed by atoms with Gasteiger partial charge in [-0.25, -0.2) is 4.79 Å². The van der Waals surface area contributed by atoms with Gasteiger partial charge in [-0.05, 0) is 84.8 Å². The predicted octanol–water partition coefficient (Wildman–Crippen LogP) is 11.4. The molecule has 1 fully saturated rings. The van der Waals surface area contributed by atoms with E-state index in [0.717, 1.165) is 6.04 Å². The van der Waals surface area contributed by atoms with Crippen LogP contribution in [0.15, 0.2) is 85.0 Å². The minimum atomic E-state index is -2.77. The smallest absolute Gasteiger partial charge is 0.342 e. The zero-order chi connectivity index (χ0) is 48.4. The van der Waals surface area contributed by atoms with Gasteiger partial charge in [-0.3, -0.25) is 0 Å². The first kappa shape index (κ1) is 54.1. The van der Waals surface area contributed by atoms with Gasteiger partial charge < -0.3 is 42.0 Å². The molecule has 0 N–H and O–H groups in total. The highest BCUT2D eigenvalue weighted by molar-refractivity contribution is 6.99. The SMILES string of the molecule is COCOc1c(OC)c(OC)cc(C=CC[C@@H]2OC(C)(C)O[C@@H]2C(C=CC[C@@H](C)O[Si](c2ccccc2)(c2ccccc2)C(C)(C)C)O[Si](C)(C)C(C)(C)C)c1C(=O)OCC[Si](C)(C)C. The van der Waals surface area contributed by atoms with Crippen LogP contribution in [0.4, 0.5) is 0 Å². The molecule has 3 aromatic rings. The van der Waals surface area contributed by atoms with Crippen molar-refractivity contribution in [2.24, 2.45) is 0 Å². The van der Waals surface area contributed by atoms with Crippen LogP contribution in [0.2, 0.25) is 48.9 Å². The second-order valence-corrected chi connectivity index (χ2v) is 35.9. The number of hydrogen-bond donors (Lipinski definition) is 0. The lowest BCUT2D eigenvalue weighted by molar-refractivity contribution is -0.151. The van der Waals surface area contributed by atoms with Crippen LogP contribution >= 0.6 is 0 Å². The van der Waals surface area contributed by atoms with Crippen LogP contribution in [0.5, 0.6) is 17.2 Å². The molecule has 0 bridgehead atoms. The van der Waals surface area contributed by atoms with Crippen molar-refractivity contribution in [1.29, 1.82) is 0 Å². The maximum atomic E-state index is 14.0. The third-order valence-corrected chi connectivity index (χ3v) is 23.6. The Morgan fingerprint density at radius 3 is 1.91 bits per heavy atom. The van der Waals surface area contributed by atoms with Gasteiger partial charge in [0.1, 0.15) is 11.7 Å². The van der Waals surface area contributed by atoms with E-state index in [9.17, 15) is 4.79 Å². The number of carbonyl (C=O) groups excluding carboxylic acids is 1. The van der Waals surface area contributed by atoms with E-state index in [1.54, 1.807) is 13.2 Å². The molecule has 1 saturated heterocycles. The molecule has 10 nitrogen and oxygen atoms in total. The fourth-order valence-corrected chi connectivity index (χ4v) is 14.6. The van der Waals surface area contributed by atoms with Crippen molar-refractivity contribution >= 4 is 47.1 Å². The summed E-state index contributed by atoms with van der Waals surface area (Å²) in [5.74, 6) is -0.529. The molecule has 4 rings (SSSR count). The summed E-state index contributed by atoms with van der Waals surface area (Å²) in [6.07, 6.45) is 8.04. The van der Waals surface area contributed by atoms with Crippen LogP contribution in [0.25, 0.3) is 6.08 Å². The van der Waals surface area contributed by atoms with Crippen molar-refractivity contribution in [2.75, 3.05) is 34.7 Å². The lowest BCUT2D eigenvalue weighted by atomic mass is 10.0. The topological polar surface area (TPSA) is 100 Å². The minimum absolute atomic E-state index is 0.0563. The van der Waals surface area contributed by atoms with E-state index in [1.807, 2.05) is 26.0 Å². The van der Waals surface area contributed by atoms with Crippen molar-refractivity contribution in [3.05, 3.63) is 96.1 Å². The summed E-state index contributed by atoms with van der Waals surface area (Å²) >= 11 is 0.